The molecule has 0 fully saturated rings. The van der Waals surface area contributed by atoms with Gasteiger partial charge in [0.15, 0.2) is 0 Å². The summed E-state index contributed by atoms with van der Waals surface area (Å²) in [5, 5.41) is 2.23. The largest absolute Gasteiger partial charge is 0.509 e. The first kappa shape index (κ1) is 40.9. The molecule has 9 aromatic rings. The van der Waals surface area contributed by atoms with E-state index in [0.29, 0.717) is 11.5 Å². The fourth-order valence-corrected chi connectivity index (χ4v) is 8.44. The number of para-hydroxylation sites is 3. The molecular formula is C56H47N4OPd-3. The van der Waals surface area contributed by atoms with Gasteiger partial charge < -0.3 is 19.1 Å². The number of benzene rings is 7. The van der Waals surface area contributed by atoms with E-state index in [-0.39, 0.29) is 31.3 Å². The summed E-state index contributed by atoms with van der Waals surface area (Å²) in [5.41, 5.74) is 13.2. The normalized spacial score (nSPS) is 12.7. The molecule has 10 rings (SSSR count). The molecule has 2 aromatic heterocycles. The Hall–Kier alpha value is -6.45. The van der Waals surface area contributed by atoms with Crippen LogP contribution in [0, 0.1) is 18.8 Å². The summed E-state index contributed by atoms with van der Waals surface area (Å²) < 4.78 is 8.83. The van der Waals surface area contributed by atoms with E-state index in [4.69, 9.17) is 9.72 Å². The van der Waals surface area contributed by atoms with Crippen molar-refractivity contribution in [3.05, 3.63) is 200 Å². The number of pyridine rings is 1. The first-order valence-corrected chi connectivity index (χ1v) is 21.0. The average Bonchev–Trinajstić information content (AvgIpc) is 3.82. The molecule has 0 atom stereocenters. The van der Waals surface area contributed by atoms with Crippen LogP contribution in [-0.4, -0.2) is 9.55 Å². The Bertz CT molecular complexity index is 3080. The van der Waals surface area contributed by atoms with Crippen molar-refractivity contribution in [2.75, 3.05) is 9.80 Å². The van der Waals surface area contributed by atoms with E-state index in [9.17, 15) is 0 Å². The van der Waals surface area contributed by atoms with Crippen molar-refractivity contribution < 1.29 is 25.2 Å². The Labute approximate surface area is 378 Å². The maximum absolute atomic E-state index is 6.64. The molecule has 0 bridgehead atoms. The molecular weight excluding hydrogens is 851 g/mol. The number of rotatable bonds is 7. The smallest absolute Gasteiger partial charge is 0.135 e. The van der Waals surface area contributed by atoms with Crippen LogP contribution in [0.25, 0.3) is 49.9 Å². The Balaban J connectivity index is 0.00000490. The molecule has 5 nitrogen and oxygen atoms in total. The topological polar surface area (TPSA) is 33.5 Å². The monoisotopic (exact) mass is 897 g/mol. The van der Waals surface area contributed by atoms with Crippen molar-refractivity contribution in [1.82, 2.24) is 9.55 Å². The average molecular weight is 898 g/mol. The van der Waals surface area contributed by atoms with E-state index in [0.717, 1.165) is 55.9 Å². The van der Waals surface area contributed by atoms with Crippen LogP contribution in [0.5, 0.6) is 11.5 Å². The van der Waals surface area contributed by atoms with E-state index in [1.807, 2.05) is 24.4 Å². The molecule has 0 saturated carbocycles. The minimum atomic E-state index is -0.0496. The molecule has 310 valence electrons. The molecule has 62 heavy (non-hydrogen) atoms. The number of aromatic nitrogens is 2. The van der Waals surface area contributed by atoms with Crippen LogP contribution in [-0.2, 0) is 31.3 Å². The minimum absolute atomic E-state index is 0. The van der Waals surface area contributed by atoms with E-state index >= 15 is 0 Å². The Kier molecular flexibility index (Phi) is 10.6. The summed E-state index contributed by atoms with van der Waals surface area (Å²) in [5.74, 6) is 2.05. The summed E-state index contributed by atoms with van der Waals surface area (Å²) in [6, 6.07) is 65.0. The van der Waals surface area contributed by atoms with Crippen LogP contribution < -0.4 is 14.5 Å². The molecule has 1 aliphatic heterocycles. The van der Waals surface area contributed by atoms with Crippen LogP contribution in [0.4, 0.5) is 22.7 Å². The molecule has 0 N–H and O–H groups in total. The van der Waals surface area contributed by atoms with Crippen LogP contribution in [0.3, 0.4) is 0 Å². The summed E-state index contributed by atoms with van der Waals surface area (Å²) in [7, 11) is 0. The molecule has 1 aliphatic rings. The standard InChI is InChI=1S/C56H47N4O.Pd/c1-55(2,3)39-27-29-47(45-22-11-10-21-44(45)38-17-8-7-9-18-38)52(33-39)59-37-58(50-25-14-15-26-51(50)59)41-19-16-20-42(35-41)61-43-28-30-48-46-23-12-13-24-49(46)60(53(48)36-43)54-34-40(31-32-57-54)56(4,5)6;/h7-34,37H,1-6H3;/q-3;. The molecule has 0 aliphatic carbocycles. The van der Waals surface area contributed by atoms with Crippen molar-refractivity contribution in [2.24, 2.45) is 0 Å². The predicted octanol–water partition coefficient (Wildman–Crippen LogP) is 14.9. The van der Waals surface area contributed by atoms with Crippen LogP contribution in [0.15, 0.2) is 170 Å². The molecule has 0 radical (unpaired) electrons. The first-order chi connectivity index (χ1) is 29.5. The zero-order valence-electron chi connectivity index (χ0n) is 35.8. The van der Waals surface area contributed by atoms with E-state index in [1.54, 1.807) is 0 Å². The summed E-state index contributed by atoms with van der Waals surface area (Å²) in [4.78, 5) is 9.38. The second-order valence-electron chi connectivity index (χ2n) is 17.8. The molecule has 0 spiro atoms. The zero-order chi connectivity index (χ0) is 41.9. The molecule has 0 unspecified atom stereocenters. The van der Waals surface area contributed by atoms with Gasteiger partial charge in [0, 0.05) is 66.3 Å². The Morgan fingerprint density at radius 1 is 0.516 bits per heavy atom. The molecule has 6 heteroatoms. The Morgan fingerprint density at radius 2 is 1.18 bits per heavy atom. The van der Waals surface area contributed by atoms with Crippen LogP contribution in [0.2, 0.25) is 0 Å². The van der Waals surface area contributed by atoms with Gasteiger partial charge in [-0.1, -0.05) is 144 Å². The summed E-state index contributed by atoms with van der Waals surface area (Å²) >= 11 is 0. The van der Waals surface area contributed by atoms with Crippen molar-refractivity contribution in [3.63, 3.8) is 0 Å². The second kappa shape index (κ2) is 16.1. The molecule has 7 aromatic carbocycles. The summed E-state index contributed by atoms with van der Waals surface area (Å²) in [6.45, 7) is 15.7. The van der Waals surface area contributed by atoms with E-state index in [1.165, 1.54) is 27.8 Å². The van der Waals surface area contributed by atoms with Gasteiger partial charge in [-0.15, -0.1) is 48.1 Å². The number of ether oxygens (including phenoxy) is 1. The van der Waals surface area contributed by atoms with Crippen molar-refractivity contribution >= 4 is 44.6 Å². The maximum Gasteiger partial charge on any atom is 0.135 e. The number of fused-ring (bicyclic) bond motifs is 4. The van der Waals surface area contributed by atoms with Gasteiger partial charge in [-0.3, -0.25) is 0 Å². The van der Waals surface area contributed by atoms with Crippen molar-refractivity contribution in [3.8, 4) is 39.6 Å². The van der Waals surface area contributed by atoms with Gasteiger partial charge in [0.25, 0.3) is 0 Å². The number of nitrogens with zero attached hydrogens (tertiary/aromatic N) is 4. The third-order valence-corrected chi connectivity index (χ3v) is 11.7. The third-order valence-electron chi connectivity index (χ3n) is 11.7. The SMILES string of the molecule is CC(C)(C)c1ccnc(-n2c3[c-]c(Oc4[c-]c(N5[CH-]N(c6cc(C(C)(C)C)ccc6-c6ccccc6-c6ccccc6)c6ccccc65)ccc4)ccc3c3ccccc32)c1.[Pd]. The Morgan fingerprint density at radius 3 is 1.95 bits per heavy atom. The quantitative estimate of drug-likeness (QED) is 0.118. The number of anilines is 4. The summed E-state index contributed by atoms with van der Waals surface area (Å²) in [6.07, 6.45) is 1.90. The fraction of sp³-hybridized carbons (Fsp3) is 0.143. The van der Waals surface area contributed by atoms with Gasteiger partial charge in [0.1, 0.15) is 5.82 Å². The van der Waals surface area contributed by atoms with Gasteiger partial charge in [-0.2, -0.15) is 12.1 Å². The second-order valence-corrected chi connectivity index (χ2v) is 17.8. The molecule has 3 heterocycles. The van der Waals surface area contributed by atoms with Gasteiger partial charge in [-0.25, -0.2) is 4.98 Å². The molecule has 0 amide bonds. The van der Waals surface area contributed by atoms with Crippen LogP contribution >= 0.6 is 0 Å². The minimum Gasteiger partial charge on any atom is -0.509 e. The fourth-order valence-electron chi connectivity index (χ4n) is 8.44. The van der Waals surface area contributed by atoms with Gasteiger partial charge >= 0.3 is 0 Å². The first-order valence-electron chi connectivity index (χ1n) is 21.0. The van der Waals surface area contributed by atoms with Gasteiger partial charge in [-0.05, 0) is 80.4 Å². The van der Waals surface area contributed by atoms with E-state index < -0.39 is 0 Å². The number of hydrogen-bond donors (Lipinski definition) is 0. The van der Waals surface area contributed by atoms with Crippen molar-refractivity contribution in [2.45, 2.75) is 52.4 Å². The number of hydrogen-bond acceptors (Lipinski definition) is 4. The van der Waals surface area contributed by atoms with Crippen LogP contribution in [0.1, 0.15) is 52.7 Å². The van der Waals surface area contributed by atoms with Gasteiger partial charge in [0.2, 0.25) is 0 Å². The predicted molar refractivity (Wildman–Crippen MR) is 252 cm³/mol. The zero-order valence-corrected chi connectivity index (χ0v) is 37.3. The van der Waals surface area contributed by atoms with E-state index in [2.05, 4.69) is 220 Å². The third kappa shape index (κ3) is 7.49. The van der Waals surface area contributed by atoms with Crippen molar-refractivity contribution in [1.29, 1.82) is 0 Å². The maximum atomic E-state index is 6.64. The van der Waals surface area contributed by atoms with Gasteiger partial charge in [0.05, 0.1) is 0 Å². The molecule has 0 saturated heterocycles.